The summed E-state index contributed by atoms with van der Waals surface area (Å²) in [6, 6.07) is 17.0. The average molecular weight is 325 g/mol. The van der Waals surface area contributed by atoms with Gasteiger partial charge in [-0.1, -0.05) is 36.4 Å². The zero-order valence-corrected chi connectivity index (χ0v) is 15.1. The fraction of sp³-hybridized carbons (Fsp3) is 0.429. The quantitative estimate of drug-likeness (QED) is 0.817. The normalized spacial score (nSPS) is 18.8. The highest BCUT2D eigenvalue weighted by atomic mass is 16.5. The van der Waals surface area contributed by atoms with Crippen molar-refractivity contribution in [3.8, 4) is 11.5 Å². The smallest absolute Gasteiger partial charge is 0.127 e. The van der Waals surface area contributed by atoms with Gasteiger partial charge in [0.15, 0.2) is 0 Å². The first-order valence-corrected chi connectivity index (χ1v) is 8.60. The third kappa shape index (κ3) is 3.90. The fourth-order valence-electron chi connectivity index (χ4n) is 3.25. The van der Waals surface area contributed by atoms with Crippen LogP contribution in [0.3, 0.4) is 0 Å². The van der Waals surface area contributed by atoms with E-state index in [9.17, 15) is 0 Å². The number of nitrogens with zero attached hydrogens (tertiary/aromatic N) is 1. The lowest BCUT2D eigenvalue weighted by Gasteiger charge is -2.38. The van der Waals surface area contributed by atoms with Crippen LogP contribution in [0.1, 0.15) is 37.3 Å². The van der Waals surface area contributed by atoms with Crippen molar-refractivity contribution >= 4 is 0 Å². The molecule has 1 heterocycles. The lowest BCUT2D eigenvalue weighted by Crippen LogP contribution is -2.35. The number of ether oxygens (including phenoxy) is 2. The highest BCUT2D eigenvalue weighted by Crippen LogP contribution is 2.45. The van der Waals surface area contributed by atoms with Crippen molar-refractivity contribution < 1.29 is 9.47 Å². The fourth-order valence-corrected chi connectivity index (χ4v) is 3.25. The molecular weight excluding hydrogens is 298 g/mol. The molecule has 0 amide bonds. The van der Waals surface area contributed by atoms with E-state index >= 15 is 0 Å². The molecule has 2 aromatic rings. The molecule has 1 aliphatic rings. The van der Waals surface area contributed by atoms with Gasteiger partial charge in [-0.2, -0.15) is 0 Å². The van der Waals surface area contributed by atoms with Crippen LogP contribution < -0.4 is 9.47 Å². The number of hydrogen-bond donors (Lipinski definition) is 0. The third-order valence-electron chi connectivity index (χ3n) is 4.45. The van der Waals surface area contributed by atoms with E-state index < -0.39 is 0 Å². The molecule has 0 saturated heterocycles. The second-order valence-electron chi connectivity index (χ2n) is 7.38. The Labute approximate surface area is 145 Å². The van der Waals surface area contributed by atoms with Crippen LogP contribution in [0.15, 0.2) is 48.5 Å². The molecular formula is C21H27NO2. The topological polar surface area (TPSA) is 21.7 Å². The first-order valence-electron chi connectivity index (χ1n) is 8.60. The van der Waals surface area contributed by atoms with Crippen molar-refractivity contribution in [1.29, 1.82) is 0 Å². The summed E-state index contributed by atoms with van der Waals surface area (Å²) in [6.07, 6.45) is 0.977. The van der Waals surface area contributed by atoms with Gasteiger partial charge in [-0.25, -0.2) is 0 Å². The largest absolute Gasteiger partial charge is 0.492 e. The minimum atomic E-state index is -0.185. The lowest BCUT2D eigenvalue weighted by molar-refractivity contribution is 0.0770. The SMILES string of the molecule is CN(C)CCOc1ccc2c(c1)OC(C)(C)CC2c1ccccc1. The molecule has 0 radical (unpaired) electrons. The molecule has 1 unspecified atom stereocenters. The maximum atomic E-state index is 6.25. The summed E-state index contributed by atoms with van der Waals surface area (Å²) in [5.41, 5.74) is 2.41. The van der Waals surface area contributed by atoms with Gasteiger partial charge in [0.2, 0.25) is 0 Å². The molecule has 0 N–H and O–H groups in total. The van der Waals surface area contributed by atoms with Crippen LogP contribution in [0.4, 0.5) is 0 Å². The van der Waals surface area contributed by atoms with Crippen molar-refractivity contribution in [2.75, 3.05) is 27.2 Å². The Hall–Kier alpha value is -2.00. The van der Waals surface area contributed by atoms with E-state index in [-0.39, 0.29) is 5.60 Å². The summed E-state index contributed by atoms with van der Waals surface area (Å²) < 4.78 is 12.1. The number of fused-ring (bicyclic) bond motifs is 1. The van der Waals surface area contributed by atoms with Gasteiger partial charge >= 0.3 is 0 Å². The highest BCUT2D eigenvalue weighted by Gasteiger charge is 2.34. The zero-order chi connectivity index (χ0) is 17.2. The van der Waals surface area contributed by atoms with E-state index in [0.29, 0.717) is 12.5 Å². The van der Waals surface area contributed by atoms with Crippen LogP contribution in [0, 0.1) is 0 Å². The van der Waals surface area contributed by atoms with E-state index in [1.54, 1.807) is 0 Å². The first-order chi connectivity index (χ1) is 11.4. The Morgan fingerprint density at radius 1 is 1.12 bits per heavy atom. The van der Waals surface area contributed by atoms with E-state index in [0.717, 1.165) is 24.5 Å². The molecule has 1 aliphatic heterocycles. The predicted octanol–water partition coefficient (Wildman–Crippen LogP) is 4.32. The highest BCUT2D eigenvalue weighted by molar-refractivity contribution is 5.48. The second-order valence-corrected chi connectivity index (χ2v) is 7.38. The summed E-state index contributed by atoms with van der Waals surface area (Å²) in [4.78, 5) is 2.11. The van der Waals surface area contributed by atoms with Gasteiger partial charge in [-0.05, 0) is 46.0 Å². The summed E-state index contributed by atoms with van der Waals surface area (Å²) in [6.45, 7) is 5.89. The van der Waals surface area contributed by atoms with E-state index in [1.165, 1.54) is 11.1 Å². The lowest BCUT2D eigenvalue weighted by atomic mass is 9.80. The summed E-state index contributed by atoms with van der Waals surface area (Å²) in [5.74, 6) is 2.18. The maximum absolute atomic E-state index is 6.25. The van der Waals surface area contributed by atoms with Crippen LogP contribution in [0.25, 0.3) is 0 Å². The monoisotopic (exact) mass is 325 g/mol. The van der Waals surface area contributed by atoms with Gasteiger partial charge in [-0.15, -0.1) is 0 Å². The third-order valence-corrected chi connectivity index (χ3v) is 4.45. The first kappa shape index (κ1) is 16.8. The molecule has 2 aromatic carbocycles. The standard InChI is InChI=1S/C21H27NO2/c1-21(2)15-19(16-8-6-5-7-9-16)18-11-10-17(14-20(18)24-21)23-13-12-22(3)4/h5-11,14,19H,12-13,15H2,1-4H3. The number of rotatable bonds is 5. The molecule has 24 heavy (non-hydrogen) atoms. The second kappa shape index (κ2) is 6.86. The average Bonchev–Trinajstić information content (AvgIpc) is 2.53. The van der Waals surface area contributed by atoms with Crippen LogP contribution in [0.2, 0.25) is 0 Å². The van der Waals surface area contributed by atoms with Crippen LogP contribution in [0.5, 0.6) is 11.5 Å². The minimum Gasteiger partial charge on any atom is -0.492 e. The Bertz CT molecular complexity index is 679. The van der Waals surface area contributed by atoms with Gasteiger partial charge in [0.25, 0.3) is 0 Å². The Balaban J connectivity index is 1.87. The van der Waals surface area contributed by atoms with Gasteiger partial charge in [0.05, 0.1) is 0 Å². The summed E-state index contributed by atoms with van der Waals surface area (Å²) in [7, 11) is 4.10. The maximum Gasteiger partial charge on any atom is 0.127 e. The van der Waals surface area contributed by atoms with Gasteiger partial charge in [0, 0.05) is 24.1 Å². The molecule has 0 fully saturated rings. The van der Waals surface area contributed by atoms with Gasteiger partial charge < -0.3 is 14.4 Å². The molecule has 3 nitrogen and oxygen atoms in total. The molecule has 0 aromatic heterocycles. The number of benzene rings is 2. The molecule has 1 atom stereocenters. The van der Waals surface area contributed by atoms with Gasteiger partial charge in [-0.3, -0.25) is 0 Å². The molecule has 3 heteroatoms. The zero-order valence-electron chi connectivity index (χ0n) is 15.1. The number of likely N-dealkylation sites (N-methyl/N-ethyl adjacent to an activating group) is 1. The molecule has 0 bridgehead atoms. The number of hydrogen-bond acceptors (Lipinski definition) is 3. The summed E-state index contributed by atoms with van der Waals surface area (Å²) >= 11 is 0. The van der Waals surface area contributed by atoms with Crippen molar-refractivity contribution in [3.63, 3.8) is 0 Å². The van der Waals surface area contributed by atoms with Crippen molar-refractivity contribution in [3.05, 3.63) is 59.7 Å². The van der Waals surface area contributed by atoms with Crippen molar-refractivity contribution in [1.82, 2.24) is 4.90 Å². The van der Waals surface area contributed by atoms with Crippen molar-refractivity contribution in [2.45, 2.75) is 31.8 Å². The van der Waals surface area contributed by atoms with Crippen molar-refractivity contribution in [2.24, 2.45) is 0 Å². The Morgan fingerprint density at radius 3 is 2.58 bits per heavy atom. The Kier molecular flexibility index (Phi) is 4.81. The van der Waals surface area contributed by atoms with E-state index in [2.05, 4.69) is 61.2 Å². The van der Waals surface area contributed by atoms with Crippen LogP contribution in [-0.2, 0) is 0 Å². The van der Waals surface area contributed by atoms with E-state index in [4.69, 9.17) is 9.47 Å². The van der Waals surface area contributed by atoms with Crippen LogP contribution in [-0.4, -0.2) is 37.7 Å². The van der Waals surface area contributed by atoms with Gasteiger partial charge in [0.1, 0.15) is 23.7 Å². The van der Waals surface area contributed by atoms with E-state index in [1.807, 2.05) is 20.2 Å². The Morgan fingerprint density at radius 2 is 1.88 bits per heavy atom. The molecule has 0 saturated carbocycles. The summed E-state index contributed by atoms with van der Waals surface area (Å²) in [5, 5.41) is 0. The molecule has 128 valence electrons. The molecule has 0 aliphatic carbocycles. The predicted molar refractivity (Wildman–Crippen MR) is 98.1 cm³/mol. The molecule has 3 rings (SSSR count). The van der Waals surface area contributed by atoms with Crippen LogP contribution >= 0.6 is 0 Å². The minimum absolute atomic E-state index is 0.185. The molecule has 0 spiro atoms.